The molecule has 0 fully saturated rings. The van der Waals surface area contributed by atoms with Crippen molar-refractivity contribution in [2.75, 3.05) is 14.2 Å². The Morgan fingerprint density at radius 2 is 1.50 bits per heavy atom. The minimum absolute atomic E-state index is 0.195. The molecule has 0 bridgehead atoms. The van der Waals surface area contributed by atoms with E-state index in [-0.39, 0.29) is 7.11 Å². The van der Waals surface area contributed by atoms with Gasteiger partial charge in [0.25, 0.3) is 0 Å². The van der Waals surface area contributed by atoms with Gasteiger partial charge in [-0.25, -0.2) is 9.18 Å². The number of carbonyl (C=O) groups excluding carboxylic acids is 1. The third kappa shape index (κ3) is 3.43. The molecule has 122 valence electrons. The topological polar surface area (TPSA) is 35.5 Å². The van der Waals surface area contributed by atoms with Crippen molar-refractivity contribution in [1.29, 1.82) is 0 Å². The highest BCUT2D eigenvalue weighted by molar-refractivity contribution is 8.32. The number of esters is 1. The lowest BCUT2D eigenvalue weighted by atomic mass is 9.93. The molecule has 0 aromatic carbocycles. The Labute approximate surface area is 111 Å². The minimum atomic E-state index is -8.71. The molecular formula is C9H13F7O3S. The molecule has 0 radical (unpaired) electrons. The Balaban J connectivity index is 6.41. The highest BCUT2D eigenvalue weighted by atomic mass is 32.4. The first-order chi connectivity index (χ1) is 8.74. The van der Waals surface area contributed by atoms with Gasteiger partial charge in [-0.2, -0.15) is 8.78 Å². The van der Waals surface area contributed by atoms with Gasteiger partial charge in [0.1, 0.15) is 0 Å². The number of hydrogen-bond donors (Lipinski definition) is 0. The summed E-state index contributed by atoms with van der Waals surface area (Å²) in [6.07, 6.45) is -2.01. The van der Waals surface area contributed by atoms with Gasteiger partial charge in [0.15, 0.2) is 0 Å². The molecule has 0 N–H and O–H groups in total. The van der Waals surface area contributed by atoms with Gasteiger partial charge < -0.3 is 9.47 Å². The Hall–Kier alpha value is -0.840. The standard InChI is InChI=1S/C9H13F7O3S/c1-4-5-8(10,9(11,12)6(17)18-2)7(19-3)20(13,14,15)16/h4-5H2,1-3H3. The molecule has 0 aromatic rings. The molecule has 0 aromatic heterocycles. The summed E-state index contributed by atoms with van der Waals surface area (Å²) in [7, 11) is -8.08. The van der Waals surface area contributed by atoms with Gasteiger partial charge in [0.2, 0.25) is 10.7 Å². The maximum atomic E-state index is 14.3. The Kier molecular flexibility index (Phi) is 5.28. The second-order valence-electron chi connectivity index (χ2n) is 3.77. The lowest BCUT2D eigenvalue weighted by molar-refractivity contribution is -0.187. The van der Waals surface area contributed by atoms with E-state index in [0.29, 0.717) is 7.11 Å². The molecule has 0 saturated heterocycles. The van der Waals surface area contributed by atoms with Crippen molar-refractivity contribution in [1.82, 2.24) is 0 Å². The normalized spacial score (nSPS) is 17.8. The first-order valence-corrected chi connectivity index (χ1v) is 6.77. The van der Waals surface area contributed by atoms with Gasteiger partial charge in [-0.05, 0) is 6.42 Å². The van der Waals surface area contributed by atoms with E-state index in [1.165, 1.54) is 0 Å². The van der Waals surface area contributed by atoms with Crippen LogP contribution in [0, 0.1) is 0 Å². The highest BCUT2D eigenvalue weighted by Crippen LogP contribution is 2.69. The number of methoxy groups -OCH3 is 2. The average Bonchev–Trinajstić information content (AvgIpc) is 2.25. The van der Waals surface area contributed by atoms with E-state index in [0.717, 1.165) is 6.92 Å². The Morgan fingerprint density at radius 1 is 1.05 bits per heavy atom. The molecule has 20 heavy (non-hydrogen) atoms. The zero-order valence-corrected chi connectivity index (χ0v) is 11.5. The summed E-state index contributed by atoms with van der Waals surface area (Å²) in [5, 5.41) is -3.04. The van der Waals surface area contributed by atoms with Crippen molar-refractivity contribution in [3.05, 3.63) is 0 Å². The maximum Gasteiger partial charge on any atom is 0.382 e. The van der Waals surface area contributed by atoms with Crippen molar-refractivity contribution in [2.45, 2.75) is 31.4 Å². The van der Waals surface area contributed by atoms with Crippen LogP contribution in [-0.2, 0) is 14.3 Å². The number of rotatable bonds is 5. The van der Waals surface area contributed by atoms with Gasteiger partial charge in [0.05, 0.1) is 7.11 Å². The van der Waals surface area contributed by atoms with Crippen molar-refractivity contribution in [2.24, 2.45) is 0 Å². The van der Waals surface area contributed by atoms with Crippen molar-refractivity contribution >= 4 is 21.3 Å². The van der Waals surface area contributed by atoms with Crippen LogP contribution in [0.4, 0.5) is 28.7 Å². The van der Waals surface area contributed by atoms with Crippen molar-refractivity contribution in [3.63, 3.8) is 0 Å². The molecule has 1 unspecified atom stereocenters. The van der Waals surface area contributed by atoms with Crippen molar-refractivity contribution in [3.8, 4) is 0 Å². The van der Waals surface area contributed by atoms with Crippen LogP contribution in [0.3, 0.4) is 0 Å². The highest BCUT2D eigenvalue weighted by Gasteiger charge is 2.68. The van der Waals surface area contributed by atoms with E-state index in [1.54, 1.807) is 0 Å². The molecule has 0 aliphatic carbocycles. The van der Waals surface area contributed by atoms with Gasteiger partial charge in [0, 0.05) is 7.11 Å². The smallest absolute Gasteiger partial charge is 0.382 e. The summed E-state index contributed by atoms with van der Waals surface area (Å²) in [6.45, 7) is 1.08. The first-order valence-electron chi connectivity index (χ1n) is 5.13. The van der Waals surface area contributed by atoms with Crippen molar-refractivity contribution < 1.29 is 43.0 Å². The van der Waals surface area contributed by atoms with E-state index in [1.807, 2.05) is 0 Å². The summed E-state index contributed by atoms with van der Waals surface area (Å²) < 4.78 is 99.3. The molecule has 3 nitrogen and oxygen atoms in total. The minimum Gasteiger partial charge on any atom is -0.464 e. The van der Waals surface area contributed by atoms with Crippen LogP contribution in [0.2, 0.25) is 0 Å². The predicted molar refractivity (Wildman–Crippen MR) is 59.7 cm³/mol. The number of hydrogen-bond acceptors (Lipinski definition) is 3. The Morgan fingerprint density at radius 3 is 1.75 bits per heavy atom. The zero-order chi connectivity index (χ0) is 16.4. The van der Waals surface area contributed by atoms with Crippen LogP contribution >= 0.6 is 10.3 Å². The molecule has 0 aliphatic rings. The van der Waals surface area contributed by atoms with E-state index in [9.17, 15) is 33.5 Å². The van der Waals surface area contributed by atoms with Crippen LogP contribution in [0.1, 0.15) is 19.8 Å². The van der Waals surface area contributed by atoms with Crippen LogP contribution in [0.5, 0.6) is 0 Å². The van der Waals surface area contributed by atoms with Gasteiger partial charge in [-0.15, -0.1) is 15.5 Å². The van der Waals surface area contributed by atoms with Crippen LogP contribution in [-0.4, -0.2) is 36.8 Å². The summed E-state index contributed by atoms with van der Waals surface area (Å²) in [5.41, 5.74) is -4.68. The van der Waals surface area contributed by atoms with Gasteiger partial charge in [-0.1, -0.05) is 13.3 Å². The number of alkyl halides is 3. The lowest BCUT2D eigenvalue weighted by Gasteiger charge is -2.34. The lowest BCUT2D eigenvalue weighted by Crippen LogP contribution is -2.56. The largest absolute Gasteiger partial charge is 0.464 e. The predicted octanol–water partition coefficient (Wildman–Crippen LogP) is 3.96. The number of carbonyl (C=O) groups is 1. The summed E-state index contributed by atoms with van der Waals surface area (Å²) in [6, 6.07) is 0. The molecule has 0 spiro atoms. The zero-order valence-electron chi connectivity index (χ0n) is 10.7. The quantitative estimate of drug-likeness (QED) is 0.434. The monoisotopic (exact) mass is 334 g/mol. The molecule has 0 aliphatic heterocycles. The second kappa shape index (κ2) is 5.51. The van der Waals surface area contributed by atoms with Gasteiger partial charge >= 0.3 is 22.2 Å². The summed E-state index contributed by atoms with van der Waals surface area (Å²) >= 11 is 0. The number of halogens is 7. The molecule has 0 amide bonds. The van der Waals surface area contributed by atoms with E-state index in [2.05, 4.69) is 9.47 Å². The summed E-state index contributed by atoms with van der Waals surface area (Å²) in [5.74, 6) is -7.81. The van der Waals surface area contributed by atoms with Crippen LogP contribution < -0.4 is 0 Å². The molecule has 11 heteroatoms. The molecule has 1 atom stereocenters. The Bertz CT molecular complexity index is 435. The van der Waals surface area contributed by atoms with E-state index >= 15 is 0 Å². The fourth-order valence-corrected chi connectivity index (χ4v) is 2.53. The van der Waals surface area contributed by atoms with Crippen LogP contribution in [0.25, 0.3) is 0 Å². The third-order valence-corrected chi connectivity index (χ3v) is 3.37. The SMILES string of the molecule is CCCC(F)(C(OC)=S(F)(F)(F)F)C(F)(F)C(=O)OC. The van der Waals surface area contributed by atoms with E-state index in [4.69, 9.17) is 0 Å². The van der Waals surface area contributed by atoms with Crippen LogP contribution in [0.15, 0.2) is 0 Å². The molecule has 0 saturated carbocycles. The fourth-order valence-electron chi connectivity index (χ4n) is 1.55. The summed E-state index contributed by atoms with van der Waals surface area (Å²) in [4.78, 5) is 10.8. The average molecular weight is 334 g/mol. The molecule has 0 heterocycles. The third-order valence-electron chi connectivity index (χ3n) is 2.32. The number of ether oxygens (including phenoxy) is 2. The van der Waals surface area contributed by atoms with E-state index < -0.39 is 45.7 Å². The fraction of sp³-hybridized carbons (Fsp3) is 0.778. The molecule has 0 rings (SSSR count). The molecular weight excluding hydrogens is 321 g/mol. The maximum absolute atomic E-state index is 14.3. The second-order valence-corrected chi connectivity index (χ2v) is 5.46. The first kappa shape index (κ1) is 19.2. The van der Waals surface area contributed by atoms with Gasteiger partial charge in [-0.3, -0.25) is 0 Å².